The van der Waals surface area contributed by atoms with Crippen molar-refractivity contribution in [2.75, 3.05) is 0 Å². The van der Waals surface area contributed by atoms with Crippen LogP contribution in [0.15, 0.2) is 146 Å². The lowest BCUT2D eigenvalue weighted by molar-refractivity contribution is 0.299. The Hall–Kier alpha value is -5.05. The van der Waals surface area contributed by atoms with Crippen molar-refractivity contribution < 1.29 is 18.1 Å². The van der Waals surface area contributed by atoms with Gasteiger partial charge in [-0.05, 0) is 67.8 Å². The minimum atomic E-state index is -4.54. The van der Waals surface area contributed by atoms with Gasteiger partial charge in [0.05, 0.1) is 0 Å². The number of hydrogen-bond donors (Lipinski definition) is 0. The molecule has 0 saturated heterocycles. The summed E-state index contributed by atoms with van der Waals surface area (Å²) in [5.41, 5.74) is 7.74. The molecule has 6 aromatic rings. The van der Waals surface area contributed by atoms with E-state index < -0.39 is 7.82 Å². The number of benzene rings is 6. The van der Waals surface area contributed by atoms with E-state index in [0.717, 1.165) is 50.1 Å². The van der Waals surface area contributed by atoms with Gasteiger partial charge in [-0.1, -0.05) is 190 Å². The quantitative estimate of drug-likeness (QED) is 0.139. The van der Waals surface area contributed by atoms with E-state index in [-0.39, 0.29) is 16.2 Å². The molecule has 0 fully saturated rings. The van der Waals surface area contributed by atoms with Crippen molar-refractivity contribution in [3.8, 4) is 50.6 Å². The van der Waals surface area contributed by atoms with Crippen molar-refractivity contribution in [2.45, 2.75) is 78.6 Å². The van der Waals surface area contributed by atoms with Crippen molar-refractivity contribution in [1.82, 2.24) is 0 Å². The average Bonchev–Trinajstić information content (AvgIpc) is 3.11. The third-order valence-electron chi connectivity index (χ3n) is 9.32. The molecule has 53 heavy (non-hydrogen) atoms. The molecule has 0 saturated carbocycles. The van der Waals surface area contributed by atoms with Gasteiger partial charge in [-0.2, -0.15) is 4.57 Å². The molecular weight excluding hydrogens is 671 g/mol. The maximum absolute atomic E-state index is 15.9. The first kappa shape index (κ1) is 37.7. The Morgan fingerprint density at radius 3 is 0.811 bits per heavy atom. The van der Waals surface area contributed by atoms with E-state index >= 15 is 4.57 Å². The normalized spacial score (nSPS) is 12.3. The summed E-state index contributed by atoms with van der Waals surface area (Å²) >= 11 is 0. The third kappa shape index (κ3) is 8.45. The number of rotatable bonds is 9. The van der Waals surface area contributed by atoms with Gasteiger partial charge in [0.1, 0.15) is 17.2 Å². The molecule has 0 aliphatic carbocycles. The van der Waals surface area contributed by atoms with Gasteiger partial charge in [-0.3, -0.25) is 0 Å². The largest absolute Gasteiger partial charge is 0.647 e. The van der Waals surface area contributed by atoms with Crippen molar-refractivity contribution >= 4 is 7.82 Å². The Kier molecular flexibility index (Phi) is 10.5. The molecule has 272 valence electrons. The standard InChI is InChI=1S/C48H51O4P/c1-46(2,3)37-28-19-31-40(43(37)34-22-13-10-14-23-34)50-53(49,51-41-32-20-29-38(47(4,5)6)44(41)35-24-15-11-16-25-35)52-42-33-21-30-39(48(7,8)9)45(42)36-26-17-12-18-27-36/h10-33H,1-9H3. The summed E-state index contributed by atoms with van der Waals surface area (Å²) in [6.07, 6.45) is 0. The fraction of sp³-hybridized carbons (Fsp3) is 0.250. The Morgan fingerprint density at radius 1 is 0.340 bits per heavy atom. The van der Waals surface area contributed by atoms with Gasteiger partial charge in [-0.25, -0.2) is 0 Å². The molecule has 0 aliphatic heterocycles. The molecule has 0 N–H and O–H groups in total. The molecule has 0 radical (unpaired) electrons. The van der Waals surface area contributed by atoms with Crippen LogP contribution < -0.4 is 13.6 Å². The van der Waals surface area contributed by atoms with Crippen LogP contribution in [0.25, 0.3) is 33.4 Å². The van der Waals surface area contributed by atoms with E-state index in [0.29, 0.717) is 17.2 Å². The van der Waals surface area contributed by atoms with E-state index in [2.05, 4.69) is 80.5 Å². The fourth-order valence-electron chi connectivity index (χ4n) is 6.82. The molecule has 5 heteroatoms. The van der Waals surface area contributed by atoms with E-state index in [4.69, 9.17) is 13.6 Å². The van der Waals surface area contributed by atoms with Crippen molar-refractivity contribution in [1.29, 1.82) is 0 Å². The molecular formula is C48H51O4P. The van der Waals surface area contributed by atoms with E-state index in [1.54, 1.807) is 0 Å². The predicted molar refractivity (Wildman–Crippen MR) is 221 cm³/mol. The smallest absolute Gasteiger partial charge is 0.385 e. The number of phosphoric ester groups is 1. The number of phosphoric acid groups is 1. The SMILES string of the molecule is CC(C)(C)c1cccc(OP(=O)(Oc2cccc(C(C)(C)C)c2-c2ccccc2)Oc2cccc(C(C)(C)C)c2-c2ccccc2)c1-c1ccccc1. The fourth-order valence-corrected chi connectivity index (χ4v) is 8.11. The Morgan fingerprint density at radius 2 is 0.585 bits per heavy atom. The van der Waals surface area contributed by atoms with Crippen LogP contribution in [0.1, 0.15) is 79.0 Å². The summed E-state index contributed by atoms with van der Waals surface area (Å²) in [4.78, 5) is 0. The first-order valence-electron chi connectivity index (χ1n) is 18.3. The van der Waals surface area contributed by atoms with Crippen LogP contribution in [0, 0.1) is 0 Å². The van der Waals surface area contributed by atoms with Gasteiger partial charge in [0.2, 0.25) is 0 Å². The lowest BCUT2D eigenvalue weighted by atomic mass is 9.81. The lowest BCUT2D eigenvalue weighted by Crippen LogP contribution is -2.16. The van der Waals surface area contributed by atoms with Crippen LogP contribution in [0.3, 0.4) is 0 Å². The van der Waals surface area contributed by atoms with Crippen LogP contribution >= 0.6 is 7.82 Å². The molecule has 6 aromatic carbocycles. The minimum Gasteiger partial charge on any atom is -0.385 e. The summed E-state index contributed by atoms with van der Waals surface area (Å²) in [5, 5.41) is 0. The average molecular weight is 723 g/mol. The Balaban J connectivity index is 1.61. The lowest BCUT2D eigenvalue weighted by Gasteiger charge is -2.29. The molecule has 0 aromatic heterocycles. The Bertz CT molecular complexity index is 1970. The maximum Gasteiger partial charge on any atom is 0.647 e. The summed E-state index contributed by atoms with van der Waals surface area (Å²) in [7, 11) is -4.54. The maximum atomic E-state index is 15.9. The molecule has 0 aliphatic rings. The molecule has 6 rings (SSSR count). The summed E-state index contributed by atoms with van der Waals surface area (Å²) in [6.45, 7) is 19.5. The summed E-state index contributed by atoms with van der Waals surface area (Å²) in [5.74, 6) is 1.23. The molecule has 0 atom stereocenters. The molecule has 0 unspecified atom stereocenters. The van der Waals surface area contributed by atoms with Gasteiger partial charge >= 0.3 is 7.82 Å². The van der Waals surface area contributed by atoms with E-state index in [9.17, 15) is 0 Å². The zero-order chi connectivity index (χ0) is 38.0. The zero-order valence-corrected chi connectivity index (χ0v) is 33.3. The van der Waals surface area contributed by atoms with Gasteiger partial charge in [0.25, 0.3) is 0 Å². The topological polar surface area (TPSA) is 44.8 Å². The first-order chi connectivity index (χ1) is 25.1. The number of hydrogen-bond acceptors (Lipinski definition) is 4. The predicted octanol–water partition coefficient (Wildman–Crippen LogP) is 14.2. The monoisotopic (exact) mass is 722 g/mol. The highest BCUT2D eigenvalue weighted by atomic mass is 31.2. The van der Waals surface area contributed by atoms with Gasteiger partial charge in [0.15, 0.2) is 0 Å². The Labute approximate surface area is 316 Å². The highest BCUT2D eigenvalue weighted by Gasteiger charge is 2.38. The van der Waals surface area contributed by atoms with E-state index in [1.807, 2.05) is 127 Å². The van der Waals surface area contributed by atoms with Crippen LogP contribution in [0.2, 0.25) is 0 Å². The van der Waals surface area contributed by atoms with E-state index in [1.165, 1.54) is 0 Å². The van der Waals surface area contributed by atoms with Gasteiger partial charge in [-0.15, -0.1) is 0 Å². The second-order valence-corrected chi connectivity index (χ2v) is 18.0. The van der Waals surface area contributed by atoms with Crippen LogP contribution in [0.4, 0.5) is 0 Å². The van der Waals surface area contributed by atoms with Gasteiger partial charge < -0.3 is 13.6 Å². The summed E-state index contributed by atoms with van der Waals surface area (Å²) in [6, 6.07) is 47.9. The second-order valence-electron chi connectivity index (χ2n) is 16.6. The first-order valence-corrected chi connectivity index (χ1v) is 19.8. The molecule has 0 bridgehead atoms. The molecule has 0 spiro atoms. The van der Waals surface area contributed by atoms with Crippen LogP contribution in [0.5, 0.6) is 17.2 Å². The minimum absolute atomic E-state index is 0.251. The van der Waals surface area contributed by atoms with Crippen molar-refractivity contribution in [3.05, 3.63) is 162 Å². The highest BCUT2D eigenvalue weighted by Crippen LogP contribution is 2.56. The third-order valence-corrected chi connectivity index (χ3v) is 10.6. The zero-order valence-electron chi connectivity index (χ0n) is 32.4. The van der Waals surface area contributed by atoms with Crippen LogP contribution in [-0.2, 0) is 20.8 Å². The second kappa shape index (κ2) is 14.8. The van der Waals surface area contributed by atoms with Crippen LogP contribution in [-0.4, -0.2) is 0 Å². The summed E-state index contributed by atoms with van der Waals surface area (Å²) < 4.78 is 36.2. The van der Waals surface area contributed by atoms with Crippen molar-refractivity contribution in [3.63, 3.8) is 0 Å². The molecule has 0 heterocycles. The molecule has 4 nitrogen and oxygen atoms in total. The van der Waals surface area contributed by atoms with Crippen molar-refractivity contribution in [2.24, 2.45) is 0 Å². The highest BCUT2D eigenvalue weighted by molar-refractivity contribution is 7.49. The molecule has 0 amide bonds. The van der Waals surface area contributed by atoms with Gasteiger partial charge in [0, 0.05) is 16.7 Å².